The molecule has 0 saturated heterocycles. The lowest BCUT2D eigenvalue weighted by molar-refractivity contribution is -0.00914. The largest absolute Gasteiger partial charge is 0.389 e. The molecule has 0 aliphatic rings. The van der Waals surface area contributed by atoms with Gasteiger partial charge in [0.15, 0.2) is 0 Å². The molecule has 0 heterocycles. The second kappa shape index (κ2) is 9.57. The van der Waals surface area contributed by atoms with E-state index in [1.54, 1.807) is 0 Å². The maximum absolute atomic E-state index is 9.98. The molecule has 0 saturated carbocycles. The van der Waals surface area contributed by atoms with Crippen LogP contribution in [0, 0.1) is 5.92 Å². The maximum atomic E-state index is 9.98. The van der Waals surface area contributed by atoms with Gasteiger partial charge in [0.05, 0.1) is 18.8 Å². The highest BCUT2D eigenvalue weighted by atomic mass is 79.9. The van der Waals surface area contributed by atoms with Crippen LogP contribution in [0.3, 0.4) is 0 Å². The Morgan fingerprint density at radius 3 is 2.33 bits per heavy atom. The van der Waals surface area contributed by atoms with Crippen LogP contribution in [0.25, 0.3) is 0 Å². The number of rotatable bonds is 9. The molecule has 0 radical (unpaired) electrons. The third-order valence-corrected chi connectivity index (χ3v) is 3.93. The number of aliphatic hydroxyl groups is 1. The molecule has 1 aromatic carbocycles. The minimum atomic E-state index is -0.475. The van der Waals surface area contributed by atoms with E-state index in [1.807, 2.05) is 12.1 Å². The van der Waals surface area contributed by atoms with Crippen LogP contribution in [0.5, 0.6) is 0 Å². The average molecular weight is 358 g/mol. The molecule has 3 nitrogen and oxygen atoms in total. The molecular weight excluding hydrogens is 330 g/mol. The summed E-state index contributed by atoms with van der Waals surface area (Å²) in [6, 6.07) is 8.42. The fourth-order valence-electron chi connectivity index (χ4n) is 2.25. The molecule has 0 amide bonds. The van der Waals surface area contributed by atoms with E-state index in [0.717, 1.165) is 10.9 Å². The van der Waals surface area contributed by atoms with Crippen LogP contribution in [-0.4, -0.2) is 30.5 Å². The predicted octanol–water partition coefficient (Wildman–Crippen LogP) is 3.91. The topological polar surface area (TPSA) is 41.5 Å². The van der Waals surface area contributed by atoms with E-state index >= 15 is 0 Å². The second-order valence-electron chi connectivity index (χ2n) is 6.11. The Labute approximate surface area is 137 Å². The van der Waals surface area contributed by atoms with E-state index in [9.17, 15) is 5.11 Å². The molecule has 2 N–H and O–H groups in total. The smallest absolute Gasteiger partial charge is 0.0898 e. The highest BCUT2D eigenvalue weighted by Gasteiger charge is 2.11. The fourth-order valence-corrected chi connectivity index (χ4v) is 2.51. The summed E-state index contributed by atoms with van der Waals surface area (Å²) in [5.41, 5.74) is 1.21. The van der Waals surface area contributed by atoms with Crippen LogP contribution >= 0.6 is 15.9 Å². The summed E-state index contributed by atoms with van der Waals surface area (Å²) in [5, 5.41) is 13.3. The monoisotopic (exact) mass is 357 g/mol. The first-order chi connectivity index (χ1) is 9.88. The van der Waals surface area contributed by atoms with Gasteiger partial charge in [-0.25, -0.2) is 0 Å². The van der Waals surface area contributed by atoms with Crippen molar-refractivity contribution in [2.24, 2.45) is 5.92 Å². The highest BCUT2D eigenvalue weighted by molar-refractivity contribution is 9.10. The zero-order valence-corrected chi connectivity index (χ0v) is 15.1. The Morgan fingerprint density at radius 2 is 1.76 bits per heavy atom. The Hall–Kier alpha value is -0.420. The van der Waals surface area contributed by atoms with E-state index in [2.05, 4.69) is 61.1 Å². The van der Waals surface area contributed by atoms with Gasteiger partial charge in [-0.1, -0.05) is 41.9 Å². The van der Waals surface area contributed by atoms with Crippen LogP contribution in [-0.2, 0) is 4.74 Å². The summed E-state index contributed by atoms with van der Waals surface area (Å²) in [6.07, 6.45) is 0.746. The van der Waals surface area contributed by atoms with Crippen molar-refractivity contribution < 1.29 is 9.84 Å². The van der Waals surface area contributed by atoms with E-state index in [1.165, 1.54) is 5.56 Å². The average Bonchev–Trinajstić information content (AvgIpc) is 2.42. The summed E-state index contributed by atoms with van der Waals surface area (Å²) in [5.74, 6) is 0.618. The summed E-state index contributed by atoms with van der Waals surface area (Å²) in [6.45, 7) is 9.43. The standard InChI is InChI=1S/C17H28BrNO2/c1-12(2)9-13(3)21-11-17(20)10-19-14(4)15-5-7-16(18)8-6-15/h5-8,12-14,17,19-20H,9-11H2,1-4H3. The van der Waals surface area contributed by atoms with Crippen molar-refractivity contribution in [3.8, 4) is 0 Å². The second-order valence-corrected chi connectivity index (χ2v) is 7.02. The zero-order chi connectivity index (χ0) is 15.8. The molecule has 0 aromatic heterocycles. The molecule has 1 rings (SSSR count). The minimum Gasteiger partial charge on any atom is -0.389 e. The lowest BCUT2D eigenvalue weighted by Gasteiger charge is -2.20. The van der Waals surface area contributed by atoms with Gasteiger partial charge in [0, 0.05) is 17.1 Å². The third kappa shape index (κ3) is 7.96. The molecule has 21 heavy (non-hydrogen) atoms. The number of hydrogen-bond donors (Lipinski definition) is 2. The number of nitrogens with one attached hydrogen (secondary N) is 1. The van der Waals surface area contributed by atoms with Gasteiger partial charge in [-0.15, -0.1) is 0 Å². The van der Waals surface area contributed by atoms with Gasteiger partial charge in [0.1, 0.15) is 0 Å². The van der Waals surface area contributed by atoms with Crippen LogP contribution in [0.15, 0.2) is 28.7 Å². The fraction of sp³-hybridized carbons (Fsp3) is 0.647. The van der Waals surface area contributed by atoms with Crippen LogP contribution in [0.1, 0.15) is 45.7 Å². The first kappa shape index (κ1) is 18.6. The van der Waals surface area contributed by atoms with E-state index in [0.29, 0.717) is 19.1 Å². The lowest BCUT2D eigenvalue weighted by Crippen LogP contribution is -2.33. The molecule has 1 aromatic rings. The molecule has 120 valence electrons. The molecule has 0 fully saturated rings. The number of hydrogen-bond acceptors (Lipinski definition) is 3. The Kier molecular flexibility index (Phi) is 8.49. The van der Waals surface area contributed by atoms with Crippen LogP contribution < -0.4 is 5.32 Å². The number of ether oxygens (including phenoxy) is 1. The SMILES string of the molecule is CC(C)CC(C)OCC(O)CNC(C)c1ccc(Br)cc1. The van der Waals surface area contributed by atoms with Crippen molar-refractivity contribution in [1.82, 2.24) is 5.32 Å². The van der Waals surface area contributed by atoms with E-state index in [4.69, 9.17) is 4.74 Å². The van der Waals surface area contributed by atoms with Crippen molar-refractivity contribution in [1.29, 1.82) is 0 Å². The maximum Gasteiger partial charge on any atom is 0.0898 e. The number of aliphatic hydroxyl groups excluding tert-OH is 1. The van der Waals surface area contributed by atoms with Gasteiger partial charge in [0.2, 0.25) is 0 Å². The van der Waals surface area contributed by atoms with Crippen LogP contribution in [0.2, 0.25) is 0 Å². The first-order valence-corrected chi connectivity index (χ1v) is 8.46. The summed E-state index contributed by atoms with van der Waals surface area (Å²) in [4.78, 5) is 0. The molecule has 0 bridgehead atoms. The first-order valence-electron chi connectivity index (χ1n) is 7.67. The van der Waals surface area contributed by atoms with Gasteiger partial charge in [-0.2, -0.15) is 0 Å². The number of halogens is 1. The highest BCUT2D eigenvalue weighted by Crippen LogP contribution is 2.16. The summed E-state index contributed by atoms with van der Waals surface area (Å²) < 4.78 is 6.75. The van der Waals surface area contributed by atoms with Gasteiger partial charge >= 0.3 is 0 Å². The van der Waals surface area contributed by atoms with Gasteiger partial charge in [-0.05, 0) is 43.9 Å². The third-order valence-electron chi connectivity index (χ3n) is 3.41. The molecular formula is C17H28BrNO2. The summed E-state index contributed by atoms with van der Waals surface area (Å²) >= 11 is 3.43. The molecule has 0 spiro atoms. The lowest BCUT2D eigenvalue weighted by atomic mass is 10.1. The predicted molar refractivity (Wildman–Crippen MR) is 91.4 cm³/mol. The summed E-state index contributed by atoms with van der Waals surface area (Å²) in [7, 11) is 0. The van der Waals surface area contributed by atoms with Crippen LogP contribution in [0.4, 0.5) is 0 Å². The van der Waals surface area contributed by atoms with E-state index < -0.39 is 6.10 Å². The van der Waals surface area contributed by atoms with Gasteiger partial charge in [0.25, 0.3) is 0 Å². The van der Waals surface area contributed by atoms with Crippen molar-refractivity contribution in [2.45, 2.75) is 52.4 Å². The van der Waals surface area contributed by atoms with Crippen molar-refractivity contribution in [3.63, 3.8) is 0 Å². The van der Waals surface area contributed by atoms with Gasteiger partial charge in [-0.3, -0.25) is 0 Å². The van der Waals surface area contributed by atoms with Crippen molar-refractivity contribution in [2.75, 3.05) is 13.2 Å². The molecule has 3 atom stereocenters. The van der Waals surface area contributed by atoms with E-state index in [-0.39, 0.29) is 12.1 Å². The molecule has 4 heteroatoms. The van der Waals surface area contributed by atoms with Gasteiger partial charge < -0.3 is 15.2 Å². The quantitative estimate of drug-likeness (QED) is 0.703. The van der Waals surface area contributed by atoms with Crippen molar-refractivity contribution in [3.05, 3.63) is 34.3 Å². The molecule has 0 aliphatic carbocycles. The zero-order valence-electron chi connectivity index (χ0n) is 13.5. The molecule has 3 unspecified atom stereocenters. The normalized spacial score (nSPS) is 16.0. The Bertz CT molecular complexity index is 394. The van der Waals surface area contributed by atoms with Crippen molar-refractivity contribution >= 4 is 15.9 Å². The Balaban J connectivity index is 2.26. The Morgan fingerprint density at radius 1 is 1.14 bits per heavy atom. The molecule has 0 aliphatic heterocycles. The minimum absolute atomic E-state index is 0.198. The number of benzene rings is 1.